The van der Waals surface area contributed by atoms with Crippen molar-refractivity contribution in [3.63, 3.8) is 0 Å². The van der Waals surface area contributed by atoms with Crippen LogP contribution >= 0.6 is 24.2 Å². The van der Waals surface area contributed by atoms with Crippen molar-refractivity contribution in [1.82, 2.24) is 0 Å². The van der Waals surface area contributed by atoms with Gasteiger partial charge in [0.2, 0.25) is 11.8 Å². The van der Waals surface area contributed by atoms with Gasteiger partial charge in [0.25, 0.3) is 0 Å². The van der Waals surface area contributed by atoms with Crippen molar-refractivity contribution >= 4 is 41.7 Å². The summed E-state index contributed by atoms with van der Waals surface area (Å²) in [6.07, 6.45) is 0.303. The lowest BCUT2D eigenvalue weighted by Crippen LogP contribution is -2.14. The monoisotopic (exact) mass is 258 g/mol. The van der Waals surface area contributed by atoms with Gasteiger partial charge in [0.1, 0.15) is 0 Å². The van der Waals surface area contributed by atoms with Gasteiger partial charge in [-0.05, 0) is 24.0 Å². The maximum absolute atomic E-state index is 11.3. The number of hydrogen-bond acceptors (Lipinski definition) is 3. The number of carbonyl (C=O) groups excluding carboxylic acids is 2. The van der Waals surface area contributed by atoms with Gasteiger partial charge in [-0.1, -0.05) is 11.6 Å². The van der Waals surface area contributed by atoms with Crippen molar-refractivity contribution in [2.75, 3.05) is 11.1 Å². The van der Waals surface area contributed by atoms with Crippen LogP contribution < -0.4 is 11.1 Å². The van der Waals surface area contributed by atoms with Crippen LogP contribution in [0.3, 0.4) is 0 Å². The molecule has 1 aromatic carbocycles. The standard InChI is InChI=1S/C10H11ClN2O2S/c11-8-2-1-6(5-7(8)10(12)15)13-9(14)3-4-16/h1-2,5,16H,3-4H2,(H2,12,15)(H,13,14). The number of benzene rings is 1. The van der Waals surface area contributed by atoms with E-state index >= 15 is 0 Å². The summed E-state index contributed by atoms with van der Waals surface area (Å²) in [5.41, 5.74) is 5.80. The van der Waals surface area contributed by atoms with E-state index < -0.39 is 5.91 Å². The Balaban J connectivity index is 2.87. The Morgan fingerprint density at radius 2 is 2.12 bits per heavy atom. The molecule has 0 bridgehead atoms. The molecule has 86 valence electrons. The minimum absolute atomic E-state index is 0.173. The Hall–Kier alpha value is -1.20. The van der Waals surface area contributed by atoms with E-state index in [4.69, 9.17) is 17.3 Å². The average Bonchev–Trinajstić information content (AvgIpc) is 2.21. The zero-order valence-corrected chi connectivity index (χ0v) is 10.0. The van der Waals surface area contributed by atoms with E-state index in [0.717, 1.165) is 0 Å². The summed E-state index contributed by atoms with van der Waals surface area (Å²) in [4.78, 5) is 22.3. The molecule has 0 aliphatic heterocycles. The highest BCUT2D eigenvalue weighted by atomic mass is 35.5. The van der Waals surface area contributed by atoms with Crippen LogP contribution in [0, 0.1) is 0 Å². The molecule has 0 unspecified atom stereocenters. The first kappa shape index (κ1) is 12.9. The molecule has 0 aliphatic carbocycles. The van der Waals surface area contributed by atoms with Crippen LogP contribution in [0.5, 0.6) is 0 Å². The van der Waals surface area contributed by atoms with E-state index in [1.165, 1.54) is 12.1 Å². The van der Waals surface area contributed by atoms with Gasteiger partial charge >= 0.3 is 0 Å². The van der Waals surface area contributed by atoms with E-state index in [1.807, 2.05) is 0 Å². The Bertz CT molecular complexity index is 423. The molecule has 0 saturated heterocycles. The second kappa shape index (κ2) is 5.77. The molecule has 0 aromatic heterocycles. The molecule has 0 heterocycles. The van der Waals surface area contributed by atoms with Crippen molar-refractivity contribution in [3.8, 4) is 0 Å². The minimum Gasteiger partial charge on any atom is -0.366 e. The zero-order chi connectivity index (χ0) is 12.1. The first-order chi connectivity index (χ1) is 7.54. The normalized spacial score (nSPS) is 9.88. The molecule has 2 amide bonds. The smallest absolute Gasteiger partial charge is 0.250 e. The third-order valence-electron chi connectivity index (χ3n) is 1.85. The highest BCUT2D eigenvalue weighted by molar-refractivity contribution is 7.80. The van der Waals surface area contributed by atoms with Crippen LogP contribution in [0.25, 0.3) is 0 Å². The lowest BCUT2D eigenvalue weighted by Gasteiger charge is -2.06. The van der Waals surface area contributed by atoms with Crippen molar-refractivity contribution in [3.05, 3.63) is 28.8 Å². The number of nitrogens with one attached hydrogen (secondary N) is 1. The molecule has 0 aliphatic rings. The number of primary amides is 1. The fourth-order valence-corrected chi connectivity index (χ4v) is 1.53. The van der Waals surface area contributed by atoms with Gasteiger partial charge in [0.15, 0.2) is 0 Å². The van der Waals surface area contributed by atoms with Crippen LogP contribution in [-0.4, -0.2) is 17.6 Å². The van der Waals surface area contributed by atoms with Crippen molar-refractivity contribution in [2.45, 2.75) is 6.42 Å². The van der Waals surface area contributed by atoms with E-state index in [-0.39, 0.29) is 16.5 Å². The van der Waals surface area contributed by atoms with Gasteiger partial charge in [-0.25, -0.2) is 0 Å². The van der Waals surface area contributed by atoms with Crippen LogP contribution in [-0.2, 0) is 4.79 Å². The number of halogens is 1. The summed E-state index contributed by atoms with van der Waals surface area (Å²) < 4.78 is 0. The summed E-state index contributed by atoms with van der Waals surface area (Å²) in [6, 6.07) is 4.56. The van der Waals surface area contributed by atoms with Crippen molar-refractivity contribution in [2.24, 2.45) is 5.73 Å². The van der Waals surface area contributed by atoms with Gasteiger partial charge in [0, 0.05) is 12.1 Å². The van der Waals surface area contributed by atoms with Gasteiger partial charge in [0.05, 0.1) is 10.6 Å². The van der Waals surface area contributed by atoms with E-state index in [2.05, 4.69) is 17.9 Å². The summed E-state index contributed by atoms with van der Waals surface area (Å²) in [7, 11) is 0. The quantitative estimate of drug-likeness (QED) is 0.720. The third-order valence-corrected chi connectivity index (χ3v) is 2.41. The number of carbonyl (C=O) groups is 2. The fourth-order valence-electron chi connectivity index (χ4n) is 1.12. The molecule has 3 N–H and O–H groups in total. The fraction of sp³-hybridized carbons (Fsp3) is 0.200. The molecule has 1 aromatic rings. The molecule has 0 fully saturated rings. The Labute approximate surface area is 104 Å². The van der Waals surface area contributed by atoms with E-state index in [1.54, 1.807) is 6.07 Å². The Morgan fingerprint density at radius 1 is 1.44 bits per heavy atom. The molecular weight excluding hydrogens is 248 g/mol. The second-order valence-electron chi connectivity index (χ2n) is 3.08. The predicted molar refractivity (Wildman–Crippen MR) is 67.1 cm³/mol. The first-order valence-corrected chi connectivity index (χ1v) is 5.55. The topological polar surface area (TPSA) is 72.2 Å². The number of amides is 2. The lowest BCUT2D eigenvalue weighted by molar-refractivity contribution is -0.115. The molecule has 0 saturated carbocycles. The van der Waals surface area contributed by atoms with Crippen LogP contribution in [0.2, 0.25) is 5.02 Å². The van der Waals surface area contributed by atoms with E-state index in [9.17, 15) is 9.59 Å². The molecule has 1 rings (SSSR count). The first-order valence-electron chi connectivity index (χ1n) is 4.54. The molecule has 0 atom stereocenters. The van der Waals surface area contributed by atoms with Gasteiger partial charge in [-0.3, -0.25) is 9.59 Å². The SMILES string of the molecule is NC(=O)c1cc(NC(=O)CCS)ccc1Cl. The van der Waals surface area contributed by atoms with Crippen molar-refractivity contribution < 1.29 is 9.59 Å². The highest BCUT2D eigenvalue weighted by Gasteiger charge is 2.08. The van der Waals surface area contributed by atoms with Crippen LogP contribution in [0.1, 0.15) is 16.8 Å². The van der Waals surface area contributed by atoms with Gasteiger partial charge in [-0.2, -0.15) is 12.6 Å². The van der Waals surface area contributed by atoms with Crippen LogP contribution in [0.4, 0.5) is 5.69 Å². The van der Waals surface area contributed by atoms with Gasteiger partial charge < -0.3 is 11.1 Å². The minimum atomic E-state index is -0.629. The zero-order valence-electron chi connectivity index (χ0n) is 8.37. The largest absolute Gasteiger partial charge is 0.366 e. The number of nitrogens with two attached hydrogens (primary N) is 1. The number of thiol groups is 1. The van der Waals surface area contributed by atoms with Crippen molar-refractivity contribution in [1.29, 1.82) is 0 Å². The summed E-state index contributed by atoms with van der Waals surface area (Å²) >= 11 is 9.70. The molecule has 6 heteroatoms. The maximum Gasteiger partial charge on any atom is 0.250 e. The molecule has 0 spiro atoms. The molecule has 0 radical (unpaired) electrons. The number of anilines is 1. The van der Waals surface area contributed by atoms with Gasteiger partial charge in [-0.15, -0.1) is 0 Å². The Morgan fingerprint density at radius 3 is 2.69 bits per heavy atom. The summed E-state index contributed by atoms with van der Waals surface area (Å²) in [6.45, 7) is 0. The summed E-state index contributed by atoms with van der Waals surface area (Å²) in [5.74, 6) is -0.342. The molecule has 16 heavy (non-hydrogen) atoms. The highest BCUT2D eigenvalue weighted by Crippen LogP contribution is 2.20. The maximum atomic E-state index is 11.3. The Kier molecular flexibility index (Phi) is 4.64. The second-order valence-corrected chi connectivity index (χ2v) is 3.94. The molecule has 4 nitrogen and oxygen atoms in total. The predicted octanol–water partition coefficient (Wildman–Crippen LogP) is 1.70. The third kappa shape index (κ3) is 3.43. The number of hydrogen-bond donors (Lipinski definition) is 3. The lowest BCUT2D eigenvalue weighted by atomic mass is 10.2. The van der Waals surface area contributed by atoms with E-state index in [0.29, 0.717) is 17.9 Å². The molecular formula is C10H11ClN2O2S. The summed E-state index contributed by atoms with van der Waals surface area (Å²) in [5, 5.41) is 2.87. The average molecular weight is 259 g/mol. The number of rotatable bonds is 4. The van der Waals surface area contributed by atoms with Crippen LogP contribution in [0.15, 0.2) is 18.2 Å².